The average Bonchev–Trinajstić information content (AvgIpc) is 3.13. The van der Waals surface area contributed by atoms with E-state index in [2.05, 4.69) is 25.6 Å². The molecule has 3 aromatic rings. The molecule has 2 aromatic carbocycles. The molecule has 1 heterocycles. The van der Waals surface area contributed by atoms with Crippen LogP contribution >= 0.6 is 24.0 Å². The second kappa shape index (κ2) is 11.5. The van der Waals surface area contributed by atoms with Crippen molar-refractivity contribution in [2.24, 2.45) is 4.99 Å². The zero-order chi connectivity index (χ0) is 19.8. The summed E-state index contributed by atoms with van der Waals surface area (Å²) in [7, 11) is 3.40. The van der Waals surface area contributed by atoms with Crippen LogP contribution in [-0.2, 0) is 6.42 Å². The number of methoxy groups -OCH3 is 1. The van der Waals surface area contributed by atoms with Crippen LogP contribution in [0.25, 0.3) is 11.0 Å². The Morgan fingerprint density at radius 2 is 1.93 bits per heavy atom. The van der Waals surface area contributed by atoms with Crippen molar-refractivity contribution in [2.45, 2.75) is 19.4 Å². The van der Waals surface area contributed by atoms with E-state index in [0.29, 0.717) is 6.54 Å². The molecule has 29 heavy (non-hydrogen) atoms. The first kappa shape index (κ1) is 22.8. The van der Waals surface area contributed by atoms with Crippen LogP contribution in [0.3, 0.4) is 0 Å². The predicted octanol–water partition coefficient (Wildman–Crippen LogP) is 3.36. The number of ether oxygens (including phenoxy) is 2. The normalized spacial score (nSPS) is 12.2. The third-order valence-corrected chi connectivity index (χ3v) is 4.25. The summed E-state index contributed by atoms with van der Waals surface area (Å²) in [4.78, 5) is 12.2. The number of para-hydroxylation sites is 2. The smallest absolute Gasteiger partial charge is 0.191 e. The van der Waals surface area contributed by atoms with E-state index in [4.69, 9.17) is 9.47 Å². The van der Waals surface area contributed by atoms with Crippen molar-refractivity contribution in [3.05, 3.63) is 54.4 Å². The number of fused-ring (bicyclic) bond motifs is 1. The molecule has 1 unspecified atom stereocenters. The number of aromatic nitrogens is 2. The molecule has 7 nitrogen and oxygen atoms in total. The zero-order valence-electron chi connectivity index (χ0n) is 16.9. The van der Waals surface area contributed by atoms with Crippen molar-refractivity contribution in [2.75, 3.05) is 27.2 Å². The van der Waals surface area contributed by atoms with E-state index in [1.54, 1.807) is 14.2 Å². The van der Waals surface area contributed by atoms with E-state index in [1.807, 2.05) is 55.5 Å². The van der Waals surface area contributed by atoms with Gasteiger partial charge in [-0.2, -0.15) is 0 Å². The lowest BCUT2D eigenvalue weighted by molar-refractivity contribution is 0.223. The van der Waals surface area contributed by atoms with Gasteiger partial charge in [0.25, 0.3) is 0 Å². The quantitative estimate of drug-likeness (QED) is 0.247. The molecule has 0 saturated carbocycles. The van der Waals surface area contributed by atoms with Gasteiger partial charge in [0, 0.05) is 26.1 Å². The average molecular weight is 509 g/mol. The number of aromatic amines is 1. The number of nitrogens with zero attached hydrogens (tertiary/aromatic N) is 2. The molecule has 156 valence electrons. The molecule has 0 fully saturated rings. The van der Waals surface area contributed by atoms with E-state index in [-0.39, 0.29) is 30.1 Å². The maximum absolute atomic E-state index is 5.92. The number of benzene rings is 2. The lowest BCUT2D eigenvalue weighted by Crippen LogP contribution is -2.42. The highest BCUT2D eigenvalue weighted by Crippen LogP contribution is 2.19. The Balaban J connectivity index is 0.00000300. The third kappa shape index (κ3) is 6.81. The van der Waals surface area contributed by atoms with E-state index in [9.17, 15) is 0 Å². The van der Waals surface area contributed by atoms with E-state index in [0.717, 1.165) is 47.3 Å². The Bertz CT molecular complexity index is 895. The van der Waals surface area contributed by atoms with Gasteiger partial charge in [-0.05, 0) is 31.2 Å². The summed E-state index contributed by atoms with van der Waals surface area (Å²) in [6.07, 6.45) is 0.756. The summed E-state index contributed by atoms with van der Waals surface area (Å²) in [5.74, 6) is 3.25. The number of halogens is 1. The van der Waals surface area contributed by atoms with Crippen LogP contribution in [0.1, 0.15) is 12.7 Å². The number of rotatable bonds is 8. The SMILES string of the molecule is CN=C(NCCc1nc2ccccc2[nH]1)NCC(C)Oc1cccc(OC)c1.I. The minimum Gasteiger partial charge on any atom is -0.497 e. The fourth-order valence-corrected chi connectivity index (χ4v) is 2.83. The number of hydrogen-bond donors (Lipinski definition) is 3. The van der Waals surface area contributed by atoms with Gasteiger partial charge in [0.1, 0.15) is 23.4 Å². The topological polar surface area (TPSA) is 83.6 Å². The van der Waals surface area contributed by atoms with Crippen molar-refractivity contribution in [1.82, 2.24) is 20.6 Å². The third-order valence-electron chi connectivity index (χ3n) is 4.25. The fourth-order valence-electron chi connectivity index (χ4n) is 2.83. The molecule has 0 aliphatic heterocycles. The summed E-state index contributed by atoms with van der Waals surface area (Å²) in [6.45, 7) is 3.36. The molecule has 0 aliphatic carbocycles. The number of H-pyrrole nitrogens is 1. The number of guanidine groups is 1. The van der Waals surface area contributed by atoms with Crippen LogP contribution in [0.4, 0.5) is 0 Å². The summed E-state index contributed by atoms with van der Waals surface area (Å²) >= 11 is 0. The first-order valence-corrected chi connectivity index (χ1v) is 9.37. The van der Waals surface area contributed by atoms with Crippen molar-refractivity contribution in [3.8, 4) is 11.5 Å². The molecule has 0 amide bonds. The van der Waals surface area contributed by atoms with Crippen molar-refractivity contribution in [1.29, 1.82) is 0 Å². The molecule has 1 atom stereocenters. The molecule has 1 aromatic heterocycles. The zero-order valence-corrected chi connectivity index (χ0v) is 19.3. The monoisotopic (exact) mass is 509 g/mol. The lowest BCUT2D eigenvalue weighted by Gasteiger charge is -2.18. The van der Waals surface area contributed by atoms with Crippen LogP contribution in [0.2, 0.25) is 0 Å². The molecule has 3 N–H and O–H groups in total. The van der Waals surface area contributed by atoms with Crippen LogP contribution in [0.15, 0.2) is 53.5 Å². The highest BCUT2D eigenvalue weighted by Gasteiger charge is 2.07. The molecule has 0 spiro atoms. The minimum atomic E-state index is -0.0268. The van der Waals surface area contributed by atoms with E-state index < -0.39 is 0 Å². The van der Waals surface area contributed by atoms with E-state index >= 15 is 0 Å². The van der Waals surface area contributed by atoms with Crippen molar-refractivity contribution in [3.63, 3.8) is 0 Å². The van der Waals surface area contributed by atoms with Gasteiger partial charge >= 0.3 is 0 Å². The van der Waals surface area contributed by atoms with Gasteiger partial charge in [0.05, 0.1) is 24.7 Å². The Morgan fingerprint density at radius 3 is 2.69 bits per heavy atom. The highest BCUT2D eigenvalue weighted by atomic mass is 127. The Labute approximate surface area is 188 Å². The molecule has 0 aliphatic rings. The number of nitrogens with one attached hydrogen (secondary N) is 3. The van der Waals surface area contributed by atoms with Gasteiger partial charge in [-0.15, -0.1) is 24.0 Å². The second-order valence-electron chi connectivity index (χ2n) is 6.44. The van der Waals surface area contributed by atoms with Crippen LogP contribution in [0, 0.1) is 0 Å². The van der Waals surface area contributed by atoms with Crippen LogP contribution in [-0.4, -0.2) is 49.3 Å². The second-order valence-corrected chi connectivity index (χ2v) is 6.44. The largest absolute Gasteiger partial charge is 0.497 e. The number of imidazole rings is 1. The summed E-state index contributed by atoms with van der Waals surface area (Å²) < 4.78 is 11.1. The minimum absolute atomic E-state index is 0. The first-order chi connectivity index (χ1) is 13.7. The molecule has 8 heteroatoms. The lowest BCUT2D eigenvalue weighted by atomic mass is 10.3. The summed E-state index contributed by atoms with van der Waals surface area (Å²) in [5, 5.41) is 6.59. The molecular weight excluding hydrogens is 481 g/mol. The Kier molecular flexibility index (Phi) is 9.04. The fraction of sp³-hybridized carbons (Fsp3) is 0.333. The van der Waals surface area contributed by atoms with Gasteiger partial charge < -0.3 is 25.1 Å². The van der Waals surface area contributed by atoms with Gasteiger partial charge in [-0.3, -0.25) is 4.99 Å². The van der Waals surface area contributed by atoms with Gasteiger partial charge in [-0.25, -0.2) is 4.98 Å². The van der Waals surface area contributed by atoms with Crippen LogP contribution in [0.5, 0.6) is 11.5 Å². The maximum Gasteiger partial charge on any atom is 0.191 e. The van der Waals surface area contributed by atoms with Gasteiger partial charge in [0.2, 0.25) is 0 Å². The van der Waals surface area contributed by atoms with E-state index in [1.165, 1.54) is 0 Å². The number of aliphatic imine (C=N–C) groups is 1. The first-order valence-electron chi connectivity index (χ1n) is 9.37. The number of hydrogen-bond acceptors (Lipinski definition) is 4. The highest BCUT2D eigenvalue weighted by molar-refractivity contribution is 14.0. The standard InChI is InChI=1S/C21H27N5O2.HI/c1-15(28-17-8-6-7-16(13-17)27-3)14-24-21(22-2)23-12-11-20-25-18-9-4-5-10-19(18)26-20;/h4-10,13,15H,11-12,14H2,1-3H3,(H,25,26)(H2,22,23,24);1H. The summed E-state index contributed by atoms with van der Waals surface area (Å²) in [6, 6.07) is 15.6. The maximum atomic E-state index is 5.92. The van der Waals surface area contributed by atoms with Gasteiger partial charge in [-0.1, -0.05) is 18.2 Å². The molecule has 3 rings (SSSR count). The van der Waals surface area contributed by atoms with Gasteiger partial charge in [0.15, 0.2) is 5.96 Å². The summed E-state index contributed by atoms with van der Waals surface area (Å²) in [5.41, 5.74) is 2.05. The Hall–Kier alpha value is -2.49. The molecular formula is C21H28IN5O2. The Morgan fingerprint density at radius 1 is 1.14 bits per heavy atom. The van der Waals surface area contributed by atoms with Crippen molar-refractivity contribution >= 4 is 41.0 Å². The molecule has 0 radical (unpaired) electrons. The van der Waals surface area contributed by atoms with Crippen LogP contribution < -0.4 is 20.1 Å². The molecule has 0 saturated heterocycles. The van der Waals surface area contributed by atoms with Crippen molar-refractivity contribution < 1.29 is 9.47 Å². The predicted molar refractivity (Wildman–Crippen MR) is 128 cm³/mol. The molecule has 0 bridgehead atoms.